The van der Waals surface area contributed by atoms with Crippen molar-refractivity contribution in [2.24, 2.45) is 5.16 Å². The van der Waals surface area contributed by atoms with Gasteiger partial charge in [-0.25, -0.2) is 0 Å². The lowest BCUT2D eigenvalue weighted by atomic mass is 9.81. The summed E-state index contributed by atoms with van der Waals surface area (Å²) in [6, 6.07) is 10.4. The summed E-state index contributed by atoms with van der Waals surface area (Å²) in [5, 5.41) is 13.2. The molecular weight excluding hydrogens is 403 g/mol. The number of rotatable bonds is 8. The Hall–Kier alpha value is -2.34. The molecule has 0 unspecified atom stereocenters. The van der Waals surface area contributed by atoms with Gasteiger partial charge in [0.25, 0.3) is 0 Å². The molecule has 1 N–H and O–H groups in total. The van der Waals surface area contributed by atoms with E-state index in [4.69, 9.17) is 4.84 Å². The number of aryl methyl sites for hydroxylation is 1. The molecule has 1 fully saturated rings. The van der Waals surface area contributed by atoms with Crippen LogP contribution in [0.25, 0.3) is 0 Å². The molecule has 0 aromatic heterocycles. The molecule has 2 aromatic rings. The number of benzene rings is 2. The van der Waals surface area contributed by atoms with Gasteiger partial charge in [0.15, 0.2) is 0 Å². The van der Waals surface area contributed by atoms with Crippen LogP contribution in [0.2, 0.25) is 0 Å². The minimum Gasteiger partial charge on any atom is -0.392 e. The van der Waals surface area contributed by atoms with E-state index >= 15 is 0 Å². The number of aliphatic hydroxyl groups excluding tert-OH is 1. The standard InChI is InChI=1S/C25H30F3NO2/c1-2-20-14-18(8-10-22(20)16-30)12-13-29-31-17-19-9-11-23(21-6-4-3-5-7-21)24(15-19)25(26,27)28/h8-11,13-15,21,30H,2-7,12,16-17H2,1H3. The Morgan fingerprint density at radius 2 is 1.77 bits per heavy atom. The molecule has 0 spiro atoms. The number of oxime groups is 1. The quantitative estimate of drug-likeness (QED) is 0.379. The van der Waals surface area contributed by atoms with E-state index in [1.54, 1.807) is 18.3 Å². The van der Waals surface area contributed by atoms with Crippen LogP contribution in [0.4, 0.5) is 13.2 Å². The molecule has 1 aliphatic carbocycles. The average molecular weight is 434 g/mol. The Labute approximate surface area is 181 Å². The van der Waals surface area contributed by atoms with Crippen molar-refractivity contribution in [3.8, 4) is 0 Å². The molecular formula is C25H30F3NO2. The highest BCUT2D eigenvalue weighted by Gasteiger charge is 2.35. The lowest BCUT2D eigenvalue weighted by molar-refractivity contribution is -0.138. The summed E-state index contributed by atoms with van der Waals surface area (Å²) in [7, 11) is 0. The van der Waals surface area contributed by atoms with Gasteiger partial charge < -0.3 is 9.94 Å². The fourth-order valence-corrected chi connectivity index (χ4v) is 4.31. The van der Waals surface area contributed by atoms with Crippen molar-refractivity contribution in [3.63, 3.8) is 0 Å². The van der Waals surface area contributed by atoms with Crippen LogP contribution in [-0.4, -0.2) is 11.3 Å². The van der Waals surface area contributed by atoms with E-state index in [0.717, 1.165) is 55.2 Å². The van der Waals surface area contributed by atoms with E-state index < -0.39 is 11.7 Å². The smallest absolute Gasteiger partial charge is 0.392 e. The predicted molar refractivity (Wildman–Crippen MR) is 116 cm³/mol. The molecule has 31 heavy (non-hydrogen) atoms. The first-order valence-corrected chi connectivity index (χ1v) is 11.0. The molecule has 3 nitrogen and oxygen atoms in total. The molecule has 0 aliphatic heterocycles. The van der Waals surface area contributed by atoms with Crippen LogP contribution in [0.15, 0.2) is 41.6 Å². The summed E-state index contributed by atoms with van der Waals surface area (Å²) in [4.78, 5) is 5.26. The van der Waals surface area contributed by atoms with Gasteiger partial charge in [-0.2, -0.15) is 13.2 Å². The normalized spacial score (nSPS) is 15.5. The fraction of sp³-hybridized carbons (Fsp3) is 0.480. The topological polar surface area (TPSA) is 41.8 Å². The zero-order valence-corrected chi connectivity index (χ0v) is 17.9. The van der Waals surface area contributed by atoms with E-state index in [1.165, 1.54) is 6.07 Å². The molecule has 2 aromatic carbocycles. The van der Waals surface area contributed by atoms with Crippen molar-refractivity contribution in [2.45, 2.75) is 77.2 Å². The summed E-state index contributed by atoms with van der Waals surface area (Å²) in [6.45, 7) is 2.04. The third kappa shape index (κ3) is 6.33. The van der Waals surface area contributed by atoms with Crippen molar-refractivity contribution < 1.29 is 23.1 Å². The minimum absolute atomic E-state index is 0.00577. The van der Waals surface area contributed by atoms with Crippen LogP contribution in [0.5, 0.6) is 0 Å². The summed E-state index contributed by atoms with van der Waals surface area (Å²) in [5.41, 5.74) is 3.38. The molecule has 3 rings (SSSR count). The first kappa shape index (κ1) is 23.3. The summed E-state index contributed by atoms with van der Waals surface area (Å²) >= 11 is 0. The highest BCUT2D eigenvalue weighted by Crippen LogP contribution is 2.41. The number of alkyl halides is 3. The SMILES string of the molecule is CCc1cc(CC=NOCc2ccc(C3CCCCC3)c(C(F)(F)F)c2)ccc1CO. The van der Waals surface area contributed by atoms with Crippen molar-refractivity contribution in [1.82, 2.24) is 0 Å². The molecule has 1 aliphatic rings. The van der Waals surface area contributed by atoms with Crippen molar-refractivity contribution in [2.75, 3.05) is 0 Å². The van der Waals surface area contributed by atoms with Gasteiger partial charge in [-0.05, 0) is 59.1 Å². The number of aliphatic hydroxyl groups is 1. The Bertz CT molecular complexity index is 887. The lowest BCUT2D eigenvalue weighted by Gasteiger charge is -2.25. The van der Waals surface area contributed by atoms with Crippen LogP contribution in [0.3, 0.4) is 0 Å². The molecule has 168 valence electrons. The van der Waals surface area contributed by atoms with Gasteiger partial charge in [0.1, 0.15) is 6.61 Å². The zero-order chi connectivity index (χ0) is 22.3. The number of hydrogen-bond donors (Lipinski definition) is 1. The molecule has 0 amide bonds. The van der Waals surface area contributed by atoms with E-state index in [2.05, 4.69) is 5.16 Å². The summed E-state index contributed by atoms with van der Waals surface area (Å²) < 4.78 is 40.9. The van der Waals surface area contributed by atoms with E-state index in [9.17, 15) is 18.3 Å². The highest BCUT2D eigenvalue weighted by molar-refractivity contribution is 5.61. The van der Waals surface area contributed by atoms with Crippen LogP contribution >= 0.6 is 0 Å². The summed E-state index contributed by atoms with van der Waals surface area (Å²) in [6.07, 6.45) is 3.34. The molecule has 0 radical (unpaired) electrons. The third-order valence-corrected chi connectivity index (χ3v) is 6.00. The number of halogens is 3. The number of hydrogen-bond acceptors (Lipinski definition) is 3. The van der Waals surface area contributed by atoms with Crippen LogP contribution in [-0.2, 0) is 37.1 Å². The molecule has 0 bridgehead atoms. The van der Waals surface area contributed by atoms with Gasteiger partial charge >= 0.3 is 6.18 Å². The van der Waals surface area contributed by atoms with Crippen LogP contribution in [0, 0.1) is 0 Å². The molecule has 0 atom stereocenters. The van der Waals surface area contributed by atoms with E-state index in [-0.39, 0.29) is 19.1 Å². The fourth-order valence-electron chi connectivity index (χ4n) is 4.31. The first-order chi connectivity index (χ1) is 14.9. The van der Waals surface area contributed by atoms with Gasteiger partial charge in [0, 0.05) is 12.6 Å². The van der Waals surface area contributed by atoms with Crippen molar-refractivity contribution >= 4 is 6.21 Å². The maximum atomic E-state index is 13.6. The Morgan fingerprint density at radius 3 is 2.45 bits per heavy atom. The van der Waals surface area contributed by atoms with E-state index in [0.29, 0.717) is 17.5 Å². The maximum Gasteiger partial charge on any atom is 0.416 e. The predicted octanol–water partition coefficient (Wildman–Crippen LogP) is 6.55. The monoisotopic (exact) mass is 433 g/mol. The molecule has 0 saturated heterocycles. The average Bonchev–Trinajstić information content (AvgIpc) is 2.78. The molecule has 0 heterocycles. The largest absolute Gasteiger partial charge is 0.416 e. The van der Waals surface area contributed by atoms with Gasteiger partial charge in [-0.15, -0.1) is 0 Å². The van der Waals surface area contributed by atoms with Crippen LogP contribution < -0.4 is 0 Å². The molecule has 6 heteroatoms. The Kier molecular flexibility index (Phi) is 8.13. The first-order valence-electron chi connectivity index (χ1n) is 11.0. The Morgan fingerprint density at radius 1 is 1.03 bits per heavy atom. The van der Waals surface area contributed by atoms with Gasteiger partial charge in [-0.1, -0.05) is 61.7 Å². The van der Waals surface area contributed by atoms with E-state index in [1.807, 2.05) is 25.1 Å². The van der Waals surface area contributed by atoms with Gasteiger partial charge in [-0.3, -0.25) is 0 Å². The summed E-state index contributed by atoms with van der Waals surface area (Å²) in [5.74, 6) is -0.0106. The molecule has 1 saturated carbocycles. The van der Waals surface area contributed by atoms with Crippen molar-refractivity contribution in [1.29, 1.82) is 0 Å². The lowest BCUT2D eigenvalue weighted by Crippen LogP contribution is -2.14. The second-order valence-electron chi connectivity index (χ2n) is 8.13. The highest BCUT2D eigenvalue weighted by atomic mass is 19.4. The second kappa shape index (κ2) is 10.8. The minimum atomic E-state index is -4.37. The van der Waals surface area contributed by atoms with Crippen LogP contribution in [0.1, 0.15) is 78.3 Å². The second-order valence-corrected chi connectivity index (χ2v) is 8.13. The third-order valence-electron chi connectivity index (χ3n) is 6.00. The van der Waals surface area contributed by atoms with Gasteiger partial charge in [0.05, 0.1) is 12.2 Å². The number of nitrogens with zero attached hydrogens (tertiary/aromatic N) is 1. The Balaban J connectivity index is 1.61. The zero-order valence-electron chi connectivity index (χ0n) is 17.9. The van der Waals surface area contributed by atoms with Gasteiger partial charge in [0.2, 0.25) is 0 Å². The van der Waals surface area contributed by atoms with Crippen molar-refractivity contribution in [3.05, 3.63) is 69.8 Å². The maximum absolute atomic E-state index is 13.6.